The number of alkyl carbamates (subject to hydrolysis) is 1. The van der Waals surface area contributed by atoms with Crippen LogP contribution >= 0.6 is 0 Å². The van der Waals surface area contributed by atoms with Crippen molar-refractivity contribution in [2.75, 3.05) is 5.32 Å². The van der Waals surface area contributed by atoms with Crippen molar-refractivity contribution in [2.24, 2.45) is 0 Å². The lowest BCUT2D eigenvalue weighted by atomic mass is 10.1. The number of rotatable bonds is 7. The van der Waals surface area contributed by atoms with E-state index < -0.39 is 23.8 Å². The van der Waals surface area contributed by atoms with Gasteiger partial charge in [-0.1, -0.05) is 42.5 Å². The van der Waals surface area contributed by atoms with Crippen LogP contribution in [0, 0.1) is 13.8 Å². The number of carbonyl (C=O) groups excluding carboxylic acids is 2. The minimum Gasteiger partial charge on any atom is -0.444 e. The maximum Gasteiger partial charge on any atom is 0.408 e. The standard InChI is InChI=1S/C24H32N2O4/c1-16-11-10-14-20(17(16)2)25-22(27)21(26-23(28)30-24(4,5)6)18(3)29-15-19-12-8-7-9-13-19/h7-14,18,21H,15H2,1-6H3,(H,25,27)(H,26,28)/t18-,21-/m1/s1. The van der Waals surface area contributed by atoms with Crippen LogP contribution in [0.25, 0.3) is 0 Å². The molecule has 0 unspecified atom stereocenters. The Morgan fingerprint density at radius 2 is 1.67 bits per heavy atom. The van der Waals surface area contributed by atoms with Gasteiger partial charge >= 0.3 is 6.09 Å². The zero-order valence-corrected chi connectivity index (χ0v) is 18.6. The highest BCUT2D eigenvalue weighted by Gasteiger charge is 2.30. The molecule has 0 aromatic heterocycles. The van der Waals surface area contributed by atoms with Crippen LogP contribution < -0.4 is 10.6 Å². The van der Waals surface area contributed by atoms with Gasteiger partial charge in [-0.05, 0) is 64.3 Å². The van der Waals surface area contributed by atoms with Crippen molar-refractivity contribution in [2.45, 2.75) is 65.9 Å². The molecule has 6 heteroatoms. The molecule has 0 aliphatic carbocycles. The van der Waals surface area contributed by atoms with Gasteiger partial charge < -0.3 is 20.1 Å². The first kappa shape index (κ1) is 23.4. The van der Waals surface area contributed by atoms with Crippen LogP contribution in [0.2, 0.25) is 0 Å². The minimum atomic E-state index is -0.927. The van der Waals surface area contributed by atoms with Crippen LogP contribution in [0.1, 0.15) is 44.4 Å². The number of nitrogens with one attached hydrogen (secondary N) is 2. The van der Waals surface area contributed by atoms with E-state index in [0.29, 0.717) is 12.3 Å². The molecule has 0 fully saturated rings. The third-order valence-corrected chi connectivity index (χ3v) is 4.64. The largest absolute Gasteiger partial charge is 0.444 e. The number of benzene rings is 2. The van der Waals surface area contributed by atoms with E-state index in [1.807, 2.05) is 62.4 Å². The van der Waals surface area contributed by atoms with Gasteiger partial charge in [-0.2, -0.15) is 0 Å². The number of carbonyl (C=O) groups is 2. The van der Waals surface area contributed by atoms with Gasteiger partial charge in [-0.3, -0.25) is 4.79 Å². The number of hydrogen-bond donors (Lipinski definition) is 2. The third kappa shape index (κ3) is 7.19. The summed E-state index contributed by atoms with van der Waals surface area (Å²) in [7, 11) is 0. The fraction of sp³-hybridized carbons (Fsp3) is 0.417. The lowest BCUT2D eigenvalue weighted by molar-refractivity contribution is -0.122. The van der Waals surface area contributed by atoms with E-state index in [9.17, 15) is 9.59 Å². The molecule has 2 N–H and O–H groups in total. The summed E-state index contributed by atoms with van der Waals surface area (Å²) in [5.41, 5.74) is 3.05. The first-order valence-corrected chi connectivity index (χ1v) is 10.1. The van der Waals surface area contributed by atoms with Crippen molar-refractivity contribution in [3.05, 3.63) is 65.2 Å². The summed E-state index contributed by atoms with van der Waals surface area (Å²) in [6.07, 6.45) is -1.25. The van der Waals surface area contributed by atoms with Gasteiger partial charge in [0.2, 0.25) is 5.91 Å². The van der Waals surface area contributed by atoms with Gasteiger partial charge in [0.05, 0.1) is 12.7 Å². The fourth-order valence-corrected chi connectivity index (χ4v) is 2.83. The van der Waals surface area contributed by atoms with Crippen LogP contribution in [0.15, 0.2) is 48.5 Å². The summed E-state index contributed by atoms with van der Waals surface area (Å²) in [6, 6.07) is 14.4. The summed E-state index contributed by atoms with van der Waals surface area (Å²) >= 11 is 0. The van der Waals surface area contributed by atoms with Crippen LogP contribution in [0.4, 0.5) is 10.5 Å². The molecule has 2 aromatic carbocycles. The predicted molar refractivity (Wildman–Crippen MR) is 118 cm³/mol. The summed E-state index contributed by atoms with van der Waals surface area (Å²) < 4.78 is 11.2. The molecule has 6 nitrogen and oxygen atoms in total. The topological polar surface area (TPSA) is 76.7 Å². The molecule has 0 spiro atoms. The molecule has 162 valence electrons. The second-order valence-electron chi connectivity index (χ2n) is 8.36. The smallest absolute Gasteiger partial charge is 0.408 e. The van der Waals surface area contributed by atoms with Crippen LogP contribution in [0.3, 0.4) is 0 Å². The van der Waals surface area contributed by atoms with E-state index in [-0.39, 0.29) is 5.91 Å². The van der Waals surface area contributed by atoms with Gasteiger partial charge in [0.15, 0.2) is 0 Å². The maximum atomic E-state index is 13.1. The average Bonchev–Trinajstić information content (AvgIpc) is 2.67. The molecule has 2 aromatic rings. The van der Waals surface area contributed by atoms with Crippen LogP contribution in [0.5, 0.6) is 0 Å². The van der Waals surface area contributed by atoms with Gasteiger partial charge in [-0.25, -0.2) is 4.79 Å². The molecular formula is C24H32N2O4. The number of hydrogen-bond acceptors (Lipinski definition) is 4. The highest BCUT2D eigenvalue weighted by Crippen LogP contribution is 2.19. The Morgan fingerprint density at radius 1 is 1.00 bits per heavy atom. The zero-order chi connectivity index (χ0) is 22.3. The second-order valence-corrected chi connectivity index (χ2v) is 8.36. The van der Waals surface area contributed by atoms with E-state index >= 15 is 0 Å². The van der Waals surface area contributed by atoms with E-state index in [4.69, 9.17) is 9.47 Å². The molecule has 2 rings (SSSR count). The Morgan fingerprint density at radius 3 is 2.30 bits per heavy atom. The van der Waals surface area contributed by atoms with Crippen molar-refractivity contribution in [1.29, 1.82) is 0 Å². The lowest BCUT2D eigenvalue weighted by Crippen LogP contribution is -2.52. The summed E-state index contributed by atoms with van der Waals surface area (Å²) in [4.78, 5) is 25.4. The Kier molecular flexibility index (Phi) is 8.00. The molecule has 0 aliphatic heterocycles. The first-order chi connectivity index (χ1) is 14.1. The van der Waals surface area contributed by atoms with Gasteiger partial charge in [0.1, 0.15) is 11.6 Å². The second kappa shape index (κ2) is 10.3. The maximum absolute atomic E-state index is 13.1. The summed E-state index contributed by atoms with van der Waals surface area (Å²) in [5.74, 6) is -0.366. The molecule has 0 heterocycles. The Bertz CT molecular complexity index is 859. The average molecular weight is 413 g/mol. The van der Waals surface area contributed by atoms with E-state index in [1.54, 1.807) is 27.7 Å². The number of anilines is 1. The minimum absolute atomic E-state index is 0.325. The summed E-state index contributed by atoms with van der Waals surface area (Å²) in [6.45, 7) is 11.3. The van der Waals surface area contributed by atoms with E-state index in [1.165, 1.54) is 0 Å². The molecule has 0 aliphatic rings. The van der Waals surface area contributed by atoms with Crippen molar-refractivity contribution in [3.63, 3.8) is 0 Å². The van der Waals surface area contributed by atoms with Crippen molar-refractivity contribution < 1.29 is 19.1 Å². The van der Waals surface area contributed by atoms with Crippen molar-refractivity contribution in [1.82, 2.24) is 5.32 Å². The Labute approximate surface area is 179 Å². The molecule has 30 heavy (non-hydrogen) atoms. The van der Waals surface area contributed by atoms with Gasteiger partial charge in [0.25, 0.3) is 0 Å². The number of aryl methyl sites for hydroxylation is 1. The zero-order valence-electron chi connectivity index (χ0n) is 18.6. The number of amides is 2. The molecule has 0 saturated heterocycles. The lowest BCUT2D eigenvalue weighted by Gasteiger charge is -2.27. The van der Waals surface area contributed by atoms with Crippen molar-refractivity contribution in [3.8, 4) is 0 Å². The van der Waals surface area contributed by atoms with Crippen LogP contribution in [-0.2, 0) is 20.9 Å². The fourth-order valence-electron chi connectivity index (χ4n) is 2.83. The van der Waals surface area contributed by atoms with E-state index in [0.717, 1.165) is 16.7 Å². The Hall–Kier alpha value is -2.86. The van der Waals surface area contributed by atoms with Crippen molar-refractivity contribution >= 4 is 17.7 Å². The highest BCUT2D eigenvalue weighted by molar-refractivity contribution is 5.97. The quantitative estimate of drug-likeness (QED) is 0.689. The Balaban J connectivity index is 2.15. The molecule has 0 bridgehead atoms. The SMILES string of the molecule is Cc1cccc(NC(=O)[C@H](NC(=O)OC(C)(C)C)[C@@H](C)OCc2ccccc2)c1C. The monoisotopic (exact) mass is 412 g/mol. The molecule has 0 radical (unpaired) electrons. The van der Waals surface area contributed by atoms with E-state index in [2.05, 4.69) is 10.6 Å². The molecule has 0 saturated carbocycles. The highest BCUT2D eigenvalue weighted by atomic mass is 16.6. The molecular weight excluding hydrogens is 380 g/mol. The van der Waals surface area contributed by atoms with Crippen LogP contribution in [-0.4, -0.2) is 29.7 Å². The molecule has 2 atom stereocenters. The summed E-state index contributed by atoms with van der Waals surface area (Å²) in [5, 5.41) is 5.57. The van der Waals surface area contributed by atoms with Gasteiger partial charge in [-0.15, -0.1) is 0 Å². The predicted octanol–water partition coefficient (Wildman–Crippen LogP) is 4.74. The normalized spacial score (nSPS) is 13.3. The first-order valence-electron chi connectivity index (χ1n) is 10.1. The third-order valence-electron chi connectivity index (χ3n) is 4.64. The molecule has 2 amide bonds. The van der Waals surface area contributed by atoms with Gasteiger partial charge in [0, 0.05) is 5.69 Å². The number of ether oxygens (including phenoxy) is 2.